The number of fused-ring (bicyclic) bond motifs is 10. The number of amides is 3. The molecule has 3 fully saturated rings. The normalized spacial score (nSPS) is 25.5. The molecule has 2 aliphatic heterocycles. The van der Waals surface area contributed by atoms with Crippen molar-refractivity contribution in [2.24, 2.45) is 29.6 Å². The summed E-state index contributed by atoms with van der Waals surface area (Å²) in [5.74, 6) is -1.62. The monoisotopic (exact) mass is 734 g/mol. The number of hydrogen-bond acceptors (Lipinski definition) is 10. The Morgan fingerprint density at radius 3 is 2.44 bits per heavy atom. The predicted molar refractivity (Wildman–Crippen MR) is 195 cm³/mol. The summed E-state index contributed by atoms with van der Waals surface area (Å²) in [6.07, 6.45) is 0.712. The number of aromatic amines is 1. The van der Waals surface area contributed by atoms with E-state index in [0.717, 1.165) is 37.6 Å². The van der Waals surface area contributed by atoms with Gasteiger partial charge in [0, 0.05) is 33.9 Å². The maximum absolute atomic E-state index is 14.1. The van der Waals surface area contributed by atoms with Crippen molar-refractivity contribution in [1.82, 2.24) is 4.98 Å². The maximum atomic E-state index is 14.1. The number of nitro groups is 1. The number of thiazole rings is 1. The Bertz CT molecular complexity index is 2370. The highest BCUT2D eigenvalue weighted by Gasteiger charge is 2.69. The summed E-state index contributed by atoms with van der Waals surface area (Å²) in [6, 6.07) is 24.6. The van der Waals surface area contributed by atoms with E-state index in [4.69, 9.17) is 9.47 Å². The molecule has 2 aliphatic carbocycles. The molecule has 3 amide bonds. The van der Waals surface area contributed by atoms with Crippen LogP contribution in [-0.4, -0.2) is 46.6 Å². The Morgan fingerprint density at radius 1 is 0.942 bits per heavy atom. The van der Waals surface area contributed by atoms with Gasteiger partial charge in [0.2, 0.25) is 11.8 Å². The summed E-state index contributed by atoms with van der Waals surface area (Å²) in [6.45, 7) is -0.245. The van der Waals surface area contributed by atoms with E-state index in [1.807, 2.05) is 54.6 Å². The maximum Gasteiger partial charge on any atom is 0.305 e. The molecule has 14 heteroatoms. The minimum atomic E-state index is -0.528. The van der Waals surface area contributed by atoms with Crippen LogP contribution in [0.1, 0.15) is 22.8 Å². The van der Waals surface area contributed by atoms with Crippen molar-refractivity contribution in [3.63, 3.8) is 0 Å². The quantitative estimate of drug-likeness (QED) is 0.107. The van der Waals surface area contributed by atoms with E-state index in [1.54, 1.807) is 17.8 Å². The molecule has 1 aromatic heterocycles. The number of thioether (sulfide) groups is 1. The zero-order valence-corrected chi connectivity index (χ0v) is 29.1. The number of nitro benzene ring substituents is 1. The summed E-state index contributed by atoms with van der Waals surface area (Å²) in [5, 5.41) is 16.9. The number of rotatable bonds is 8. The topological polar surface area (TPSA) is 161 Å². The highest BCUT2D eigenvalue weighted by atomic mass is 32.2. The summed E-state index contributed by atoms with van der Waals surface area (Å²) in [5.41, 5.74) is 1.75. The third-order valence-electron chi connectivity index (χ3n) is 11.0. The van der Waals surface area contributed by atoms with Gasteiger partial charge in [0.1, 0.15) is 0 Å². The number of hydrogen-bond donors (Lipinski definition) is 2. The van der Waals surface area contributed by atoms with Crippen LogP contribution >= 0.6 is 23.1 Å². The van der Waals surface area contributed by atoms with E-state index in [0.29, 0.717) is 29.3 Å². The van der Waals surface area contributed by atoms with Crippen LogP contribution in [0.2, 0.25) is 0 Å². The molecule has 1 saturated heterocycles. The van der Waals surface area contributed by atoms with Gasteiger partial charge in [0.25, 0.3) is 11.6 Å². The number of carbonyl (C=O) groups is 3. The minimum Gasteiger partial charge on any atom is -0.493 e. The third-order valence-corrected chi connectivity index (χ3v) is 13.6. The molecule has 5 aromatic rings. The lowest BCUT2D eigenvalue weighted by atomic mass is 9.68. The zero-order valence-electron chi connectivity index (χ0n) is 27.5. The fourth-order valence-electron chi connectivity index (χ4n) is 8.97. The molecule has 9 rings (SSSR count). The Hall–Kier alpha value is -5.47. The highest BCUT2D eigenvalue weighted by molar-refractivity contribution is 8.00. The fraction of sp³-hybridized carbons (Fsp3) is 0.263. The fourth-order valence-corrected chi connectivity index (χ4v) is 11.9. The number of carbonyl (C=O) groups excluding carboxylic acids is 3. The zero-order chi connectivity index (χ0) is 35.8. The second-order valence-corrected chi connectivity index (χ2v) is 15.8. The largest absolute Gasteiger partial charge is 0.493 e. The molecule has 2 N–H and O–H groups in total. The first-order valence-electron chi connectivity index (χ1n) is 16.8. The van der Waals surface area contributed by atoms with Crippen molar-refractivity contribution in [3.8, 4) is 11.5 Å². The summed E-state index contributed by atoms with van der Waals surface area (Å²) in [4.78, 5) is 69.2. The van der Waals surface area contributed by atoms with Crippen molar-refractivity contribution in [1.29, 1.82) is 0 Å². The number of H-pyrrole nitrogens is 1. The van der Waals surface area contributed by atoms with Crippen LogP contribution in [-0.2, 0) is 14.4 Å². The average molecular weight is 735 g/mol. The molecular weight excluding hydrogens is 705 g/mol. The lowest BCUT2D eigenvalue weighted by molar-refractivity contribution is -0.384. The van der Waals surface area contributed by atoms with Crippen molar-refractivity contribution in [2.75, 3.05) is 23.9 Å². The smallest absolute Gasteiger partial charge is 0.305 e. The van der Waals surface area contributed by atoms with E-state index in [2.05, 4.69) is 10.3 Å². The van der Waals surface area contributed by atoms with Crippen molar-refractivity contribution in [3.05, 3.63) is 115 Å². The number of anilines is 2. The van der Waals surface area contributed by atoms with Gasteiger partial charge in [-0.2, -0.15) is 0 Å². The Morgan fingerprint density at radius 2 is 1.69 bits per heavy atom. The van der Waals surface area contributed by atoms with Crippen LogP contribution in [0.15, 0.2) is 94.7 Å². The van der Waals surface area contributed by atoms with Crippen molar-refractivity contribution < 1.29 is 28.8 Å². The number of non-ortho nitro benzene ring substituents is 1. The first-order chi connectivity index (χ1) is 25.2. The summed E-state index contributed by atoms with van der Waals surface area (Å²) >= 11 is 2.74. The molecule has 3 heterocycles. The summed E-state index contributed by atoms with van der Waals surface area (Å²) < 4.78 is 11.7. The molecular formula is C38H30N4O8S2. The number of nitrogens with zero attached hydrogens (tertiary/aromatic N) is 2. The molecule has 52 heavy (non-hydrogen) atoms. The van der Waals surface area contributed by atoms with Crippen LogP contribution in [0.25, 0.3) is 10.8 Å². The molecule has 7 atom stereocenters. The molecule has 12 nitrogen and oxygen atoms in total. The molecule has 4 aliphatic rings. The number of methoxy groups -OCH3 is 1. The minimum absolute atomic E-state index is 0.0247. The molecule has 262 valence electrons. The van der Waals surface area contributed by atoms with Crippen LogP contribution in [0.4, 0.5) is 17.1 Å². The molecule has 0 radical (unpaired) electrons. The van der Waals surface area contributed by atoms with Gasteiger partial charge in [0.05, 0.1) is 34.6 Å². The van der Waals surface area contributed by atoms with Gasteiger partial charge >= 0.3 is 4.87 Å². The SMILES string of the molecule is COc1cc([C@@H]2c3sc(=O)[nH]c3S[C@@H]3[C@@H]4C[C@@H]([C@@H]5C(=O)N(c6ccc([N+](=O)[O-])cc6)C(=O)[C@@H]45)[C@H]23)ccc1OCC(=O)Nc1ccc2ccccc2c1. The first-order valence-corrected chi connectivity index (χ1v) is 18.5. The van der Waals surface area contributed by atoms with E-state index in [1.165, 1.54) is 36.3 Å². The molecule has 2 saturated carbocycles. The van der Waals surface area contributed by atoms with Crippen LogP contribution in [0.3, 0.4) is 0 Å². The third kappa shape index (κ3) is 5.11. The van der Waals surface area contributed by atoms with E-state index < -0.39 is 16.8 Å². The van der Waals surface area contributed by atoms with Gasteiger partial charge < -0.3 is 19.8 Å². The lowest BCUT2D eigenvalue weighted by Crippen LogP contribution is -2.42. The van der Waals surface area contributed by atoms with Crippen LogP contribution in [0.5, 0.6) is 11.5 Å². The standard InChI is InChI=1S/C38H30N4O8S2/c1-49-27-15-20(7-13-26(27)50-17-28(43)39-21-8-6-18-4-2-3-5-19(18)14-21)29-30-24-16-25(33(30)51-35-34(29)52-38(46)40-35)32-31(24)36(44)41(37(32)45)22-9-11-23(12-10-22)42(47)48/h2-15,24-25,29-33H,16-17H2,1H3,(H,39,43)(H,40,46)/t24-,25-,29+,30-,31+,32+,33-/m1/s1. The van der Waals surface area contributed by atoms with Gasteiger partial charge in [-0.3, -0.25) is 34.2 Å². The molecule has 2 bridgehead atoms. The lowest BCUT2D eigenvalue weighted by Gasteiger charge is -2.43. The van der Waals surface area contributed by atoms with Crippen molar-refractivity contribution in [2.45, 2.75) is 22.6 Å². The van der Waals surface area contributed by atoms with Gasteiger partial charge in [0.15, 0.2) is 18.1 Å². The number of benzene rings is 4. The Kier molecular flexibility index (Phi) is 7.70. The first kappa shape index (κ1) is 32.4. The van der Waals surface area contributed by atoms with E-state index in [-0.39, 0.29) is 63.8 Å². The average Bonchev–Trinajstić information content (AvgIpc) is 3.89. The number of aromatic nitrogens is 1. The molecule has 4 aromatic carbocycles. The van der Waals surface area contributed by atoms with Gasteiger partial charge in [-0.1, -0.05) is 47.7 Å². The van der Waals surface area contributed by atoms with Crippen molar-refractivity contribution >= 4 is 68.7 Å². The Labute approximate surface area is 304 Å². The number of imide groups is 1. The highest BCUT2D eigenvalue weighted by Crippen LogP contribution is 2.68. The van der Waals surface area contributed by atoms with Gasteiger partial charge in [-0.25, -0.2) is 0 Å². The molecule has 0 spiro atoms. The predicted octanol–water partition coefficient (Wildman–Crippen LogP) is 6.20. The van der Waals surface area contributed by atoms with E-state index in [9.17, 15) is 29.3 Å². The van der Waals surface area contributed by atoms with Gasteiger partial charge in [-0.05, 0) is 76.9 Å². The van der Waals surface area contributed by atoms with E-state index >= 15 is 0 Å². The second-order valence-electron chi connectivity index (χ2n) is 13.6. The van der Waals surface area contributed by atoms with Crippen LogP contribution < -0.4 is 24.6 Å². The number of nitrogens with one attached hydrogen (secondary N) is 2. The number of ether oxygens (including phenoxy) is 2. The van der Waals surface area contributed by atoms with Gasteiger partial charge in [-0.15, -0.1) is 11.8 Å². The van der Waals surface area contributed by atoms with Crippen LogP contribution in [0, 0.1) is 39.7 Å². The molecule has 0 unspecified atom stereocenters. The second kappa shape index (κ2) is 12.3. The Balaban J connectivity index is 0.984. The summed E-state index contributed by atoms with van der Waals surface area (Å²) in [7, 11) is 1.53.